The van der Waals surface area contributed by atoms with E-state index >= 15 is 0 Å². The number of hydrogen-bond donors (Lipinski definition) is 0. The molecule has 1 atom stereocenters. The summed E-state index contributed by atoms with van der Waals surface area (Å²) in [7, 11) is 6.01. The third-order valence-corrected chi connectivity index (χ3v) is 7.95. The number of carbonyl (C=O) groups excluding carboxylic acids is 1. The van der Waals surface area contributed by atoms with Crippen molar-refractivity contribution < 1.29 is 47.8 Å². The van der Waals surface area contributed by atoms with Crippen LogP contribution in [-0.2, 0) is 29.2 Å². The summed E-state index contributed by atoms with van der Waals surface area (Å²) in [5.41, 5.74) is 3.10. The first-order chi connectivity index (χ1) is 24.1. The topological polar surface area (TPSA) is 168 Å². The molecule has 0 bridgehead atoms. The zero-order valence-electron chi connectivity index (χ0n) is 27.7. The molecular formula is C36H34N2O12. The highest BCUT2D eigenvalue weighted by Gasteiger charge is 2.32. The zero-order chi connectivity index (χ0) is 35.8. The Morgan fingerprint density at radius 1 is 0.680 bits per heavy atom. The summed E-state index contributed by atoms with van der Waals surface area (Å²) < 4.78 is 39.9. The van der Waals surface area contributed by atoms with Gasteiger partial charge in [-0.1, -0.05) is 0 Å². The summed E-state index contributed by atoms with van der Waals surface area (Å²) >= 11 is 0. The Morgan fingerprint density at radius 2 is 1.18 bits per heavy atom. The molecule has 0 aromatic heterocycles. The lowest BCUT2D eigenvalue weighted by Gasteiger charge is -2.19. The first-order valence-electron chi connectivity index (χ1n) is 15.3. The Kier molecular flexibility index (Phi) is 11.0. The van der Waals surface area contributed by atoms with Crippen molar-refractivity contribution in [2.24, 2.45) is 5.92 Å². The Balaban J connectivity index is 1.46. The van der Waals surface area contributed by atoms with Crippen LogP contribution in [0.2, 0.25) is 0 Å². The number of nitrogens with zero attached hydrogens (tertiary/aromatic N) is 2. The van der Waals surface area contributed by atoms with Gasteiger partial charge in [-0.2, -0.15) is 0 Å². The van der Waals surface area contributed by atoms with Crippen LogP contribution >= 0.6 is 0 Å². The van der Waals surface area contributed by atoms with Gasteiger partial charge in [0.1, 0.15) is 13.2 Å². The predicted octanol–water partition coefficient (Wildman–Crippen LogP) is 6.49. The monoisotopic (exact) mass is 686 g/mol. The van der Waals surface area contributed by atoms with E-state index in [9.17, 15) is 25.0 Å². The number of rotatable bonds is 15. The van der Waals surface area contributed by atoms with Crippen LogP contribution in [0.15, 0.2) is 78.4 Å². The van der Waals surface area contributed by atoms with E-state index in [1.807, 2.05) is 0 Å². The van der Waals surface area contributed by atoms with Crippen molar-refractivity contribution in [3.63, 3.8) is 0 Å². The fourth-order valence-electron chi connectivity index (χ4n) is 5.40. The lowest BCUT2D eigenvalue weighted by molar-refractivity contribution is -0.385. The number of benzene rings is 4. The number of nitro groups is 2. The first kappa shape index (κ1) is 35.0. The van der Waals surface area contributed by atoms with Crippen molar-refractivity contribution in [3.8, 4) is 34.5 Å². The van der Waals surface area contributed by atoms with Gasteiger partial charge in [-0.05, 0) is 83.3 Å². The second-order valence-electron chi connectivity index (χ2n) is 11.1. The Hall–Kier alpha value is -6.31. The molecule has 0 unspecified atom stereocenters. The highest BCUT2D eigenvalue weighted by Crippen LogP contribution is 2.42. The van der Waals surface area contributed by atoms with Crippen LogP contribution in [-0.4, -0.2) is 50.9 Å². The van der Waals surface area contributed by atoms with E-state index in [1.54, 1.807) is 54.6 Å². The van der Waals surface area contributed by atoms with Gasteiger partial charge in [-0.25, -0.2) is 4.79 Å². The summed E-state index contributed by atoms with van der Waals surface area (Å²) in [5.74, 6) is 1.46. The second kappa shape index (κ2) is 15.7. The van der Waals surface area contributed by atoms with E-state index in [4.69, 9.17) is 33.2 Å². The molecule has 14 heteroatoms. The maximum Gasteiger partial charge on any atom is 0.334 e. The number of non-ortho nitro benzene ring substituents is 2. The van der Waals surface area contributed by atoms with Gasteiger partial charge in [0.05, 0.1) is 44.9 Å². The number of ether oxygens (including phenoxy) is 7. The number of methoxy groups -OCH3 is 4. The molecule has 4 aromatic carbocycles. The Morgan fingerprint density at radius 3 is 1.68 bits per heavy atom. The molecule has 1 aliphatic rings. The van der Waals surface area contributed by atoms with Gasteiger partial charge in [0.15, 0.2) is 23.0 Å². The molecule has 0 N–H and O–H groups in total. The van der Waals surface area contributed by atoms with E-state index < -0.39 is 15.8 Å². The van der Waals surface area contributed by atoms with E-state index in [-0.39, 0.29) is 42.9 Å². The minimum Gasteiger partial charge on any atom is -0.493 e. The van der Waals surface area contributed by atoms with E-state index in [0.717, 1.165) is 5.56 Å². The minimum atomic E-state index is -0.481. The standard InChI is InChI=1S/C36H34N2O12/c1-44-30-16-25(17-31(45-2)34(30)47-4)14-29-26(21-50-36(29)39)13-24-15-32(46-3)35(49-20-23-7-11-28(12-8-23)38(42)43)33(18-24)48-19-22-5-9-27(10-6-22)37(40)41/h5-12,14-18,26H,13,19-21H2,1-4H3/b29-14+/t26-/m1/s1. The Labute approximate surface area is 287 Å². The van der Waals surface area contributed by atoms with Crippen molar-refractivity contribution in [1.82, 2.24) is 0 Å². The zero-order valence-corrected chi connectivity index (χ0v) is 27.7. The maximum atomic E-state index is 12.9. The molecule has 0 radical (unpaired) electrons. The van der Waals surface area contributed by atoms with Crippen LogP contribution in [0.25, 0.3) is 6.08 Å². The molecule has 260 valence electrons. The smallest absolute Gasteiger partial charge is 0.334 e. The third-order valence-electron chi connectivity index (χ3n) is 7.95. The molecule has 14 nitrogen and oxygen atoms in total. The van der Waals surface area contributed by atoms with Gasteiger partial charge in [0.2, 0.25) is 11.5 Å². The molecule has 1 fully saturated rings. The summed E-state index contributed by atoms with van der Waals surface area (Å²) in [5, 5.41) is 22.2. The van der Waals surface area contributed by atoms with Crippen molar-refractivity contribution >= 4 is 23.4 Å². The molecule has 5 rings (SSSR count). The van der Waals surface area contributed by atoms with Gasteiger partial charge in [-0.15, -0.1) is 0 Å². The van der Waals surface area contributed by atoms with Crippen LogP contribution in [0.3, 0.4) is 0 Å². The van der Waals surface area contributed by atoms with Crippen molar-refractivity contribution in [2.45, 2.75) is 19.6 Å². The van der Waals surface area contributed by atoms with Crippen molar-refractivity contribution in [2.75, 3.05) is 35.0 Å². The van der Waals surface area contributed by atoms with Crippen LogP contribution in [0.1, 0.15) is 22.3 Å². The fourth-order valence-corrected chi connectivity index (χ4v) is 5.40. The molecule has 1 saturated heterocycles. The highest BCUT2D eigenvalue weighted by molar-refractivity contribution is 5.96. The normalized spacial score (nSPS) is 14.5. The molecule has 0 spiro atoms. The van der Waals surface area contributed by atoms with Crippen molar-refractivity contribution in [3.05, 3.63) is 121 Å². The summed E-state index contributed by atoms with van der Waals surface area (Å²) in [6.07, 6.45) is 2.10. The molecule has 1 aliphatic heterocycles. The summed E-state index contributed by atoms with van der Waals surface area (Å²) in [6.45, 7) is 0.249. The number of carbonyl (C=O) groups is 1. The molecule has 0 amide bonds. The Bertz CT molecular complexity index is 1880. The minimum absolute atomic E-state index is 0.0455. The largest absolute Gasteiger partial charge is 0.493 e. The van der Waals surface area contributed by atoms with Crippen LogP contribution in [0.5, 0.6) is 34.5 Å². The van der Waals surface area contributed by atoms with Crippen molar-refractivity contribution in [1.29, 1.82) is 0 Å². The van der Waals surface area contributed by atoms with Crippen LogP contribution < -0.4 is 28.4 Å². The molecule has 4 aromatic rings. The van der Waals surface area contributed by atoms with Gasteiger partial charge in [-0.3, -0.25) is 20.2 Å². The fraction of sp³-hybridized carbons (Fsp3) is 0.250. The average molecular weight is 687 g/mol. The maximum absolute atomic E-state index is 12.9. The molecule has 50 heavy (non-hydrogen) atoms. The summed E-state index contributed by atoms with van der Waals surface area (Å²) in [6, 6.07) is 19.0. The molecule has 0 saturated carbocycles. The number of nitro benzene ring substituents is 2. The van der Waals surface area contributed by atoms with E-state index in [0.29, 0.717) is 57.4 Å². The molecule has 0 aliphatic carbocycles. The summed E-state index contributed by atoms with van der Waals surface area (Å²) in [4.78, 5) is 34.2. The average Bonchev–Trinajstić information content (AvgIpc) is 3.46. The number of cyclic esters (lactones) is 1. The van der Waals surface area contributed by atoms with E-state index in [1.165, 1.54) is 52.7 Å². The predicted molar refractivity (Wildman–Crippen MR) is 180 cm³/mol. The number of hydrogen-bond acceptors (Lipinski definition) is 12. The van der Waals surface area contributed by atoms with Gasteiger partial charge >= 0.3 is 5.97 Å². The van der Waals surface area contributed by atoms with Gasteiger partial charge in [0.25, 0.3) is 11.4 Å². The highest BCUT2D eigenvalue weighted by atomic mass is 16.6. The quantitative estimate of drug-likeness (QED) is 0.0577. The second-order valence-corrected chi connectivity index (χ2v) is 11.1. The van der Waals surface area contributed by atoms with E-state index in [2.05, 4.69) is 0 Å². The molecular weight excluding hydrogens is 652 g/mol. The first-order valence-corrected chi connectivity index (χ1v) is 15.3. The van der Waals surface area contributed by atoms with Crippen LogP contribution in [0, 0.1) is 26.1 Å². The van der Waals surface area contributed by atoms with Gasteiger partial charge in [0, 0.05) is 35.8 Å². The lowest BCUT2D eigenvalue weighted by atomic mass is 9.92. The third kappa shape index (κ3) is 8.03. The molecule has 1 heterocycles. The lowest BCUT2D eigenvalue weighted by Crippen LogP contribution is -2.09. The number of esters is 1. The van der Waals surface area contributed by atoms with Gasteiger partial charge < -0.3 is 33.2 Å². The van der Waals surface area contributed by atoms with Crippen LogP contribution in [0.4, 0.5) is 11.4 Å². The SMILES string of the molecule is COc1cc(/C=C2/C(=O)OC[C@H]2Cc2cc(OC)c(OCc3ccc([N+](=O)[O-])cc3)c(OCc3ccc([N+](=O)[O-])cc3)c2)cc(OC)c1OC.